The minimum atomic E-state index is -0.602. The van der Waals surface area contributed by atoms with Crippen molar-refractivity contribution in [3.05, 3.63) is 28.7 Å². The van der Waals surface area contributed by atoms with E-state index in [1.165, 1.54) is 64.2 Å². The molecule has 5 rings (SSSR count). The van der Waals surface area contributed by atoms with Gasteiger partial charge in [-0.2, -0.15) is 12.7 Å². The summed E-state index contributed by atoms with van der Waals surface area (Å²) in [5.74, 6) is -1.26. The SMILES string of the molecule is C[O-].O=C(O)C1CCCCC1.O=C(O)C1CCCCC1.[CH-]1CCCC2=C1CC1=C2CCCC1.[Ti+2]. The molecule has 0 spiro atoms. The molecule has 5 aliphatic rings. The van der Waals surface area contributed by atoms with Gasteiger partial charge in [-0.1, -0.05) is 63.4 Å². The van der Waals surface area contributed by atoms with E-state index >= 15 is 0 Å². The van der Waals surface area contributed by atoms with Crippen LogP contribution >= 0.6 is 0 Å². The smallest absolute Gasteiger partial charge is 0.857 e. The fourth-order valence-corrected chi connectivity index (χ4v) is 5.82. The second-order valence-corrected chi connectivity index (χ2v) is 9.91. The van der Waals surface area contributed by atoms with E-state index < -0.39 is 11.9 Å². The second kappa shape index (κ2) is 17.4. The van der Waals surface area contributed by atoms with E-state index in [4.69, 9.17) is 15.3 Å². The fourth-order valence-electron chi connectivity index (χ4n) is 5.82. The summed E-state index contributed by atoms with van der Waals surface area (Å²) in [6, 6.07) is 0. The molecule has 2 N–H and O–H groups in total. The number of fused-ring (bicyclic) bond motifs is 1. The molecule has 190 valence electrons. The van der Waals surface area contributed by atoms with Crippen LogP contribution in [0.4, 0.5) is 0 Å². The van der Waals surface area contributed by atoms with Gasteiger partial charge in [0.05, 0.1) is 11.8 Å². The maximum atomic E-state index is 10.4. The third-order valence-electron chi connectivity index (χ3n) is 7.67. The summed E-state index contributed by atoms with van der Waals surface area (Å²) in [5.41, 5.74) is 7.06. The number of aliphatic carboxylic acids is 2. The van der Waals surface area contributed by atoms with Gasteiger partial charge < -0.3 is 15.3 Å². The van der Waals surface area contributed by atoms with Crippen LogP contribution in [0.25, 0.3) is 0 Å². The number of rotatable bonds is 2. The summed E-state index contributed by atoms with van der Waals surface area (Å²) in [6.07, 6.45) is 24.1. The van der Waals surface area contributed by atoms with E-state index in [1.807, 2.05) is 0 Å². The Bertz CT molecular complexity index is 627. The van der Waals surface area contributed by atoms with Crippen molar-refractivity contribution in [2.24, 2.45) is 11.8 Å². The molecule has 0 radical (unpaired) electrons. The van der Waals surface area contributed by atoms with Gasteiger partial charge >= 0.3 is 33.7 Å². The van der Waals surface area contributed by atoms with E-state index in [2.05, 4.69) is 6.42 Å². The molecule has 5 aliphatic carbocycles. The van der Waals surface area contributed by atoms with Crippen LogP contribution in [0.1, 0.15) is 116 Å². The number of carbonyl (C=O) groups is 2. The van der Waals surface area contributed by atoms with Gasteiger partial charge in [0.1, 0.15) is 0 Å². The molecule has 0 aromatic heterocycles. The van der Waals surface area contributed by atoms with Crippen LogP contribution in [0, 0.1) is 18.3 Å². The Balaban J connectivity index is 0.000000249. The summed E-state index contributed by atoms with van der Waals surface area (Å²) in [5, 5.41) is 25.3. The third-order valence-corrected chi connectivity index (χ3v) is 7.67. The van der Waals surface area contributed by atoms with Gasteiger partial charge in [0.2, 0.25) is 0 Å². The molecule has 0 bridgehead atoms. The van der Waals surface area contributed by atoms with Crippen LogP contribution in [0.5, 0.6) is 0 Å². The fraction of sp³-hybridized carbons (Fsp3) is 0.750. The molecule has 0 amide bonds. The summed E-state index contributed by atoms with van der Waals surface area (Å²) >= 11 is 0. The standard InChI is InChI=1S/C13H17.2C7H12O2.CH3O.Ti/c1-3-7-12-10(5-1)9-11-6-2-4-8-13(11)12;2*8-7(9)6-4-2-1-3-5-6;1-2;/h5H,1-4,6-9H2;2*6H,1-5H2,(H,8,9);1H3;/q-1;;;-1;+2. The van der Waals surface area contributed by atoms with E-state index in [1.54, 1.807) is 22.3 Å². The molecule has 34 heavy (non-hydrogen) atoms. The van der Waals surface area contributed by atoms with Crippen molar-refractivity contribution >= 4 is 11.9 Å². The van der Waals surface area contributed by atoms with Gasteiger partial charge in [-0.3, -0.25) is 9.59 Å². The topological polar surface area (TPSA) is 97.7 Å². The van der Waals surface area contributed by atoms with Crippen molar-refractivity contribution in [2.75, 3.05) is 7.11 Å². The van der Waals surface area contributed by atoms with Crippen molar-refractivity contribution in [1.29, 1.82) is 0 Å². The molecule has 0 atom stereocenters. The molecule has 0 aromatic rings. The van der Waals surface area contributed by atoms with Crippen LogP contribution < -0.4 is 5.11 Å². The molecule has 0 heterocycles. The molecule has 6 heteroatoms. The second-order valence-electron chi connectivity index (χ2n) is 9.91. The zero-order valence-corrected chi connectivity index (χ0v) is 22.6. The van der Waals surface area contributed by atoms with Crippen LogP contribution in [-0.4, -0.2) is 29.3 Å². The van der Waals surface area contributed by atoms with Gasteiger partial charge in [0.15, 0.2) is 0 Å². The van der Waals surface area contributed by atoms with Gasteiger partial charge in [-0.25, -0.2) is 12.0 Å². The van der Waals surface area contributed by atoms with Crippen LogP contribution in [0.3, 0.4) is 0 Å². The Morgan fingerprint density at radius 1 is 0.706 bits per heavy atom. The molecule has 2 saturated carbocycles. The number of hydrogen-bond donors (Lipinski definition) is 2. The summed E-state index contributed by atoms with van der Waals surface area (Å²) in [6.45, 7) is 0. The van der Waals surface area contributed by atoms with E-state index in [-0.39, 0.29) is 33.6 Å². The summed E-state index contributed by atoms with van der Waals surface area (Å²) in [4.78, 5) is 20.7. The van der Waals surface area contributed by atoms with E-state index in [9.17, 15) is 9.59 Å². The quantitative estimate of drug-likeness (QED) is 0.341. The Labute approximate surface area is 221 Å². The molecule has 0 aromatic carbocycles. The number of carboxylic acids is 2. The molecule has 0 aliphatic heterocycles. The first-order valence-corrected chi connectivity index (χ1v) is 13.2. The van der Waals surface area contributed by atoms with Gasteiger partial charge in [0.25, 0.3) is 0 Å². The van der Waals surface area contributed by atoms with E-state index in [0.717, 1.165) is 58.5 Å². The number of hydrogen-bond acceptors (Lipinski definition) is 3. The molecule has 0 unspecified atom stereocenters. The normalized spacial score (nSPS) is 22.1. The Morgan fingerprint density at radius 3 is 1.65 bits per heavy atom. The third kappa shape index (κ3) is 9.91. The zero-order valence-electron chi connectivity index (χ0n) is 21.1. The maximum Gasteiger partial charge on any atom is 2.00 e. The van der Waals surface area contributed by atoms with Gasteiger partial charge in [-0.15, -0.1) is 12.0 Å². The predicted octanol–water partition coefficient (Wildman–Crippen LogP) is 6.22. The number of carboxylic acid groups (broad SMARTS) is 2. The first kappa shape index (κ1) is 31.0. The Hall–Kier alpha value is -1.04. The first-order valence-electron chi connectivity index (χ1n) is 13.2. The van der Waals surface area contributed by atoms with E-state index in [0.29, 0.717) is 0 Å². The monoisotopic (exact) mass is 508 g/mol. The minimum absolute atomic E-state index is 0. The summed E-state index contributed by atoms with van der Waals surface area (Å²) < 4.78 is 0. The van der Waals surface area contributed by atoms with Crippen molar-refractivity contribution in [2.45, 2.75) is 116 Å². The maximum absolute atomic E-state index is 10.4. The molecule has 0 saturated heterocycles. The summed E-state index contributed by atoms with van der Waals surface area (Å²) in [7, 11) is 0.750. The Kier molecular flexibility index (Phi) is 15.9. The molecular weight excluding hydrogens is 464 g/mol. The van der Waals surface area contributed by atoms with Crippen molar-refractivity contribution in [3.63, 3.8) is 0 Å². The van der Waals surface area contributed by atoms with Crippen LogP contribution in [0.2, 0.25) is 0 Å². The first-order chi connectivity index (χ1) is 16.1. The van der Waals surface area contributed by atoms with Crippen LogP contribution in [-0.2, 0) is 31.3 Å². The van der Waals surface area contributed by atoms with Crippen molar-refractivity contribution in [3.8, 4) is 0 Å². The average Bonchev–Trinajstić information content (AvgIpc) is 3.26. The van der Waals surface area contributed by atoms with Crippen LogP contribution in [0.15, 0.2) is 22.3 Å². The minimum Gasteiger partial charge on any atom is -0.857 e. The zero-order chi connectivity index (χ0) is 24.1. The molecule has 5 nitrogen and oxygen atoms in total. The van der Waals surface area contributed by atoms with Gasteiger partial charge in [-0.05, 0) is 51.4 Å². The van der Waals surface area contributed by atoms with Crippen molar-refractivity contribution < 1.29 is 46.6 Å². The number of allylic oxidation sites excluding steroid dienone is 4. The Morgan fingerprint density at radius 2 is 1.18 bits per heavy atom. The predicted molar refractivity (Wildman–Crippen MR) is 130 cm³/mol. The molecule has 2 fully saturated rings. The molecular formula is C28H44O5Ti. The largest absolute Gasteiger partial charge is 2.00 e. The average molecular weight is 509 g/mol. The van der Waals surface area contributed by atoms with Gasteiger partial charge in [0, 0.05) is 0 Å². The van der Waals surface area contributed by atoms with Crippen molar-refractivity contribution in [1.82, 2.24) is 0 Å².